The van der Waals surface area contributed by atoms with Gasteiger partial charge in [0.1, 0.15) is 0 Å². The highest BCUT2D eigenvalue weighted by molar-refractivity contribution is 7.54. The van der Waals surface area contributed by atoms with Crippen molar-refractivity contribution in [3.8, 4) is 0 Å². The third-order valence-corrected chi connectivity index (χ3v) is 2.70. The van der Waals surface area contributed by atoms with Crippen molar-refractivity contribution in [2.45, 2.75) is 19.9 Å². The van der Waals surface area contributed by atoms with Crippen molar-refractivity contribution in [3.63, 3.8) is 0 Å². The van der Waals surface area contributed by atoms with E-state index in [4.69, 9.17) is 10.2 Å². The fourth-order valence-corrected chi connectivity index (χ4v) is 1.59. The Morgan fingerprint density at radius 3 is 1.82 bits per heavy atom. The number of aliphatic hydroxyl groups excluding tert-OH is 1. The highest BCUT2D eigenvalue weighted by Gasteiger charge is 2.32. The van der Waals surface area contributed by atoms with E-state index in [9.17, 15) is 4.57 Å². The van der Waals surface area contributed by atoms with Gasteiger partial charge in [0.05, 0.1) is 13.2 Å². The minimum absolute atomic E-state index is 0.120. The Labute approximate surface area is 65.5 Å². The van der Waals surface area contributed by atoms with Gasteiger partial charge in [-0.25, -0.2) is 0 Å². The van der Waals surface area contributed by atoms with Crippen molar-refractivity contribution in [2.75, 3.05) is 13.2 Å². The summed E-state index contributed by atoms with van der Waals surface area (Å²) in [5.41, 5.74) is 0. The minimum atomic E-state index is -3.68. The Morgan fingerprint density at radius 1 is 1.27 bits per heavy atom. The van der Waals surface area contributed by atoms with E-state index in [1.807, 2.05) is 0 Å². The zero-order valence-corrected chi connectivity index (χ0v) is 7.45. The molecule has 0 unspecified atom stereocenters. The lowest BCUT2D eigenvalue weighted by atomic mass is 10.9. The molecule has 0 aliphatic carbocycles. The van der Waals surface area contributed by atoms with E-state index in [0.717, 1.165) is 0 Å². The molecule has 0 aromatic carbocycles. The third kappa shape index (κ3) is 3.31. The van der Waals surface area contributed by atoms with Gasteiger partial charge in [0.25, 0.3) is 6.03 Å². The fraction of sp³-hybridized carbons (Fsp3) is 1.00. The van der Waals surface area contributed by atoms with Crippen LogP contribution in [0, 0.1) is 0 Å². The van der Waals surface area contributed by atoms with E-state index in [2.05, 4.69) is 9.05 Å². The Hall–Kier alpha value is 0.0700. The average molecular weight is 184 g/mol. The van der Waals surface area contributed by atoms with Gasteiger partial charge in [0.15, 0.2) is 0 Å². The molecule has 6 heteroatoms. The predicted molar refractivity (Wildman–Crippen MR) is 39.1 cm³/mol. The van der Waals surface area contributed by atoms with Crippen LogP contribution in [0.25, 0.3) is 0 Å². The Morgan fingerprint density at radius 2 is 1.64 bits per heavy atom. The van der Waals surface area contributed by atoms with Gasteiger partial charge in [-0.05, 0) is 13.8 Å². The molecule has 2 N–H and O–H groups in total. The number of rotatable bonds is 5. The van der Waals surface area contributed by atoms with Gasteiger partial charge in [-0.3, -0.25) is 4.57 Å². The van der Waals surface area contributed by atoms with Crippen molar-refractivity contribution in [2.24, 2.45) is 0 Å². The Bertz CT molecular complexity index is 136. The average Bonchev–Trinajstić information content (AvgIpc) is 1.88. The quantitative estimate of drug-likeness (QED) is 0.481. The molecule has 0 rings (SSSR count). The van der Waals surface area contributed by atoms with Crippen molar-refractivity contribution in [3.05, 3.63) is 0 Å². The monoisotopic (exact) mass is 184 g/mol. The third-order valence-electron chi connectivity index (χ3n) is 0.901. The summed E-state index contributed by atoms with van der Waals surface area (Å²) >= 11 is 0. The molecule has 0 amide bonds. The zero-order valence-electron chi connectivity index (χ0n) is 6.56. The Kier molecular flexibility index (Phi) is 4.88. The van der Waals surface area contributed by atoms with Crippen LogP contribution in [0.1, 0.15) is 13.8 Å². The van der Waals surface area contributed by atoms with E-state index in [-0.39, 0.29) is 13.2 Å². The van der Waals surface area contributed by atoms with Crippen LogP contribution < -0.4 is 0 Å². The second-order valence-corrected chi connectivity index (χ2v) is 3.78. The van der Waals surface area contributed by atoms with Gasteiger partial charge in [0.2, 0.25) is 0 Å². The van der Waals surface area contributed by atoms with Gasteiger partial charge >= 0.3 is 7.60 Å². The molecule has 68 valence electrons. The molecule has 0 aromatic rings. The van der Waals surface area contributed by atoms with Crippen molar-refractivity contribution < 1.29 is 23.8 Å². The molecule has 0 fully saturated rings. The maximum absolute atomic E-state index is 11.2. The fourth-order valence-electron chi connectivity index (χ4n) is 0.530. The van der Waals surface area contributed by atoms with E-state index < -0.39 is 13.6 Å². The smallest absolute Gasteiger partial charge is 0.359 e. The van der Waals surface area contributed by atoms with Crippen LogP contribution in [0.2, 0.25) is 0 Å². The van der Waals surface area contributed by atoms with Gasteiger partial charge in [-0.15, -0.1) is 0 Å². The summed E-state index contributed by atoms with van der Waals surface area (Å²) in [5.74, 6) is 0. The molecule has 0 spiro atoms. The van der Waals surface area contributed by atoms with E-state index in [0.29, 0.717) is 0 Å². The molecule has 0 atom stereocenters. The molecule has 0 saturated heterocycles. The summed E-state index contributed by atoms with van der Waals surface area (Å²) in [5, 5.41) is 17.2. The first-order valence-electron chi connectivity index (χ1n) is 3.31. The predicted octanol–water partition coefficient (Wildman–Crippen LogP) is 0.521. The maximum Gasteiger partial charge on any atom is 0.386 e. The SMILES string of the molecule is CCOP(=O)(OCC)C(O)O. The first kappa shape index (κ1) is 11.1. The van der Waals surface area contributed by atoms with Gasteiger partial charge < -0.3 is 19.3 Å². The number of hydrogen-bond donors (Lipinski definition) is 2. The van der Waals surface area contributed by atoms with Gasteiger partial charge in [0, 0.05) is 0 Å². The van der Waals surface area contributed by atoms with E-state index >= 15 is 0 Å². The molecule has 0 aliphatic heterocycles. The van der Waals surface area contributed by atoms with Crippen LogP contribution in [-0.4, -0.2) is 29.5 Å². The molecular weight excluding hydrogens is 171 g/mol. The summed E-state index contributed by atoms with van der Waals surface area (Å²) in [4.78, 5) is 0. The lowest BCUT2D eigenvalue weighted by Gasteiger charge is -2.17. The summed E-state index contributed by atoms with van der Waals surface area (Å²) in [7, 11) is -3.68. The molecule has 0 saturated carbocycles. The maximum atomic E-state index is 11.2. The van der Waals surface area contributed by atoms with Crippen LogP contribution in [-0.2, 0) is 13.6 Å². The minimum Gasteiger partial charge on any atom is -0.359 e. The second-order valence-electron chi connectivity index (χ2n) is 1.72. The number of hydrogen-bond acceptors (Lipinski definition) is 5. The molecular formula is C5H13O5P. The molecule has 0 bridgehead atoms. The highest BCUT2D eigenvalue weighted by atomic mass is 31.2. The topological polar surface area (TPSA) is 76.0 Å². The lowest BCUT2D eigenvalue weighted by molar-refractivity contribution is -0.00224. The number of aliphatic hydroxyl groups is 2. The normalized spacial score (nSPS) is 12.5. The first-order valence-corrected chi connectivity index (χ1v) is 4.93. The molecule has 0 heterocycles. The molecule has 5 nitrogen and oxygen atoms in total. The van der Waals surface area contributed by atoms with Crippen LogP contribution in [0.3, 0.4) is 0 Å². The van der Waals surface area contributed by atoms with E-state index in [1.165, 1.54) is 0 Å². The van der Waals surface area contributed by atoms with Crippen LogP contribution in [0.4, 0.5) is 0 Å². The highest BCUT2D eigenvalue weighted by Crippen LogP contribution is 2.50. The zero-order chi connectivity index (χ0) is 8.91. The largest absolute Gasteiger partial charge is 0.386 e. The summed E-state index contributed by atoms with van der Waals surface area (Å²) < 4.78 is 20.3. The van der Waals surface area contributed by atoms with Gasteiger partial charge in [-0.2, -0.15) is 0 Å². The standard InChI is InChI=1S/C5H13O5P/c1-3-9-11(8,5(6)7)10-4-2/h5-7H,3-4H2,1-2H3. The molecule has 11 heavy (non-hydrogen) atoms. The molecule has 0 radical (unpaired) electrons. The van der Waals surface area contributed by atoms with Crippen LogP contribution in [0.5, 0.6) is 0 Å². The van der Waals surface area contributed by atoms with Crippen molar-refractivity contribution in [1.29, 1.82) is 0 Å². The summed E-state index contributed by atoms with van der Waals surface area (Å²) in [6.45, 7) is 3.42. The summed E-state index contributed by atoms with van der Waals surface area (Å²) in [6.07, 6.45) is 0. The van der Waals surface area contributed by atoms with Crippen molar-refractivity contribution in [1.82, 2.24) is 0 Å². The first-order chi connectivity index (χ1) is 5.06. The summed E-state index contributed by atoms with van der Waals surface area (Å²) in [6, 6.07) is -2.05. The Balaban J connectivity index is 4.14. The van der Waals surface area contributed by atoms with Gasteiger partial charge in [-0.1, -0.05) is 0 Å². The molecule has 0 aromatic heterocycles. The van der Waals surface area contributed by atoms with Crippen molar-refractivity contribution >= 4 is 7.60 Å². The lowest BCUT2D eigenvalue weighted by Crippen LogP contribution is -2.11. The van der Waals surface area contributed by atoms with Crippen LogP contribution >= 0.6 is 7.60 Å². The molecule has 0 aliphatic rings. The second kappa shape index (κ2) is 4.85. The van der Waals surface area contributed by atoms with E-state index in [1.54, 1.807) is 13.8 Å². The van der Waals surface area contributed by atoms with Crippen LogP contribution in [0.15, 0.2) is 0 Å².